The van der Waals surface area contributed by atoms with Gasteiger partial charge in [-0.2, -0.15) is 0 Å². The molecule has 0 heterocycles. The summed E-state index contributed by atoms with van der Waals surface area (Å²) in [6.45, 7) is 1.34. The van der Waals surface area contributed by atoms with Gasteiger partial charge in [0.25, 0.3) is 0 Å². The Labute approximate surface area is 221 Å². The molecule has 3 atom stereocenters. The van der Waals surface area contributed by atoms with E-state index in [1.165, 1.54) is 83.5 Å². The van der Waals surface area contributed by atoms with Gasteiger partial charge in [-0.05, 0) is 6.42 Å². The van der Waals surface area contributed by atoms with Gasteiger partial charge >= 0.3 is 7.82 Å². The number of ketones is 1. The van der Waals surface area contributed by atoms with Crippen molar-refractivity contribution < 1.29 is 38.0 Å². The first-order valence-electron chi connectivity index (χ1n) is 14.3. The van der Waals surface area contributed by atoms with Crippen molar-refractivity contribution in [2.45, 2.75) is 128 Å². The van der Waals surface area contributed by atoms with Crippen LogP contribution in [-0.4, -0.2) is 78.5 Å². The van der Waals surface area contributed by atoms with Crippen LogP contribution in [0.25, 0.3) is 0 Å². The Kier molecular flexibility index (Phi) is 21.4. The van der Waals surface area contributed by atoms with Gasteiger partial charge in [0.05, 0.1) is 34.4 Å². The topological polar surface area (TPSA) is 113 Å². The second-order valence-corrected chi connectivity index (χ2v) is 12.6. The first kappa shape index (κ1) is 35.7. The summed E-state index contributed by atoms with van der Waals surface area (Å²) >= 11 is 0. The summed E-state index contributed by atoms with van der Waals surface area (Å²) in [5.41, 5.74) is 0. The van der Waals surface area contributed by atoms with E-state index in [1.54, 1.807) is 0 Å². The van der Waals surface area contributed by atoms with Crippen molar-refractivity contribution in [1.29, 1.82) is 0 Å². The lowest BCUT2D eigenvalue weighted by molar-refractivity contribution is -0.872. The smallest absolute Gasteiger partial charge is 0.394 e. The normalized spacial score (nSPS) is 15.5. The molecular formula is C27H57NO7P+. The first-order valence-corrected chi connectivity index (χ1v) is 15.8. The maximum absolute atomic E-state index is 12.7. The molecule has 9 heteroatoms. The molecule has 0 saturated carbocycles. The number of aliphatic hydroxyl groups is 2. The monoisotopic (exact) mass is 538 g/mol. The Bertz CT molecular complexity index is 583. The second kappa shape index (κ2) is 21.6. The molecule has 0 rings (SSSR count). The van der Waals surface area contributed by atoms with Gasteiger partial charge in [0.1, 0.15) is 12.6 Å². The minimum absolute atomic E-state index is 0.214. The minimum Gasteiger partial charge on any atom is -0.394 e. The molecule has 0 aromatic rings. The summed E-state index contributed by atoms with van der Waals surface area (Å²) < 4.78 is 22.5. The zero-order valence-electron chi connectivity index (χ0n) is 23.7. The van der Waals surface area contributed by atoms with Crippen molar-refractivity contribution in [3.05, 3.63) is 0 Å². The van der Waals surface area contributed by atoms with Crippen LogP contribution in [-0.2, 0) is 18.4 Å². The number of hydrogen-bond donors (Lipinski definition) is 3. The molecule has 0 aromatic carbocycles. The van der Waals surface area contributed by atoms with Crippen molar-refractivity contribution in [2.24, 2.45) is 0 Å². The van der Waals surface area contributed by atoms with Crippen LogP contribution in [0.1, 0.15) is 116 Å². The van der Waals surface area contributed by atoms with Gasteiger partial charge in [0.2, 0.25) is 0 Å². The van der Waals surface area contributed by atoms with E-state index in [0.29, 0.717) is 10.9 Å². The van der Waals surface area contributed by atoms with Crippen LogP contribution in [0.2, 0.25) is 0 Å². The number of phosphoric ester groups is 1. The van der Waals surface area contributed by atoms with Gasteiger partial charge in [-0.1, -0.05) is 103 Å². The molecule has 0 radical (unpaired) electrons. The van der Waals surface area contributed by atoms with E-state index in [4.69, 9.17) is 14.2 Å². The number of hydrogen-bond acceptors (Lipinski definition) is 6. The maximum atomic E-state index is 12.7. The van der Waals surface area contributed by atoms with Crippen LogP contribution < -0.4 is 0 Å². The highest BCUT2D eigenvalue weighted by Gasteiger charge is 2.34. The minimum atomic E-state index is -4.53. The molecule has 0 bridgehead atoms. The molecule has 0 saturated heterocycles. The molecular weight excluding hydrogens is 481 g/mol. The Balaban J connectivity index is 4.00. The molecule has 216 valence electrons. The van der Waals surface area contributed by atoms with E-state index in [-0.39, 0.29) is 12.3 Å². The summed E-state index contributed by atoms with van der Waals surface area (Å²) in [7, 11) is 1.08. The van der Waals surface area contributed by atoms with E-state index in [9.17, 15) is 19.4 Å². The Morgan fingerprint density at radius 1 is 0.806 bits per heavy atom. The summed E-state index contributed by atoms with van der Waals surface area (Å²) in [5.74, 6) is -0.214. The zero-order valence-corrected chi connectivity index (χ0v) is 24.6. The number of aliphatic hydroxyl groups excluding tert-OH is 2. The Hall–Kier alpha value is -0.340. The van der Waals surface area contributed by atoms with E-state index >= 15 is 0 Å². The van der Waals surface area contributed by atoms with Crippen LogP contribution in [0.15, 0.2) is 0 Å². The lowest BCUT2D eigenvalue weighted by Crippen LogP contribution is -2.45. The highest BCUT2D eigenvalue weighted by molar-refractivity contribution is 7.47. The fourth-order valence-corrected chi connectivity index (χ4v) is 5.05. The molecule has 0 aliphatic heterocycles. The SMILES string of the molecule is CCCCCCCCCCCCCCCCCCC(=O)C(C[N+](C)(C)C)OP(=O)(O)OCC(O)CO. The van der Waals surface area contributed by atoms with Gasteiger partial charge in [-0.3, -0.25) is 13.8 Å². The third-order valence-corrected chi connectivity index (χ3v) is 7.25. The van der Waals surface area contributed by atoms with Crippen molar-refractivity contribution in [3.8, 4) is 0 Å². The van der Waals surface area contributed by atoms with Crippen molar-refractivity contribution in [3.63, 3.8) is 0 Å². The fourth-order valence-electron chi connectivity index (χ4n) is 4.12. The third kappa shape index (κ3) is 22.8. The highest BCUT2D eigenvalue weighted by Crippen LogP contribution is 2.45. The summed E-state index contributed by atoms with van der Waals surface area (Å²) in [6.07, 6.45) is 18.1. The fraction of sp³-hybridized carbons (Fsp3) is 0.963. The van der Waals surface area contributed by atoms with Crippen LogP contribution in [0.5, 0.6) is 0 Å². The number of Topliss-reactive ketones (excluding diaryl/α,β-unsaturated/α-hetero) is 1. The van der Waals surface area contributed by atoms with Crippen molar-refractivity contribution >= 4 is 13.6 Å². The quantitative estimate of drug-likeness (QED) is 0.0728. The van der Waals surface area contributed by atoms with Gasteiger partial charge < -0.3 is 19.6 Å². The molecule has 8 nitrogen and oxygen atoms in total. The number of carbonyl (C=O) groups excluding carboxylic acids is 1. The molecule has 0 amide bonds. The van der Waals surface area contributed by atoms with Crippen molar-refractivity contribution in [2.75, 3.05) is 40.9 Å². The standard InChI is InChI=1S/C27H56NO7P/c1-5-6-7-8-9-10-11-12-13-14-15-16-17-18-19-20-21-26(31)27(22-28(2,3)4)35-36(32,33)34-24-25(30)23-29/h25,27,29-30H,5-24H2,1-4H3/p+1. The van der Waals surface area contributed by atoms with Gasteiger partial charge in [0.15, 0.2) is 11.9 Å². The molecule has 0 aliphatic rings. The Morgan fingerprint density at radius 2 is 1.22 bits per heavy atom. The van der Waals surface area contributed by atoms with E-state index < -0.39 is 33.2 Å². The molecule has 3 unspecified atom stereocenters. The summed E-state index contributed by atoms with van der Waals surface area (Å²) in [6, 6.07) is 0. The lowest BCUT2D eigenvalue weighted by atomic mass is 10.0. The largest absolute Gasteiger partial charge is 0.473 e. The van der Waals surface area contributed by atoms with Gasteiger partial charge in [-0.15, -0.1) is 0 Å². The molecule has 0 fully saturated rings. The number of quaternary nitrogens is 1. The second-order valence-electron chi connectivity index (χ2n) is 11.2. The number of phosphoric acid groups is 1. The average Bonchev–Trinajstić information content (AvgIpc) is 2.80. The number of likely N-dealkylation sites (N-methyl/N-ethyl adjacent to an activating group) is 1. The van der Waals surface area contributed by atoms with Crippen LogP contribution in [0, 0.1) is 0 Å². The number of rotatable bonds is 26. The highest BCUT2D eigenvalue weighted by atomic mass is 31.2. The average molecular weight is 539 g/mol. The van der Waals surface area contributed by atoms with E-state index in [1.807, 2.05) is 21.1 Å². The van der Waals surface area contributed by atoms with Gasteiger partial charge in [0, 0.05) is 6.42 Å². The lowest BCUT2D eigenvalue weighted by Gasteiger charge is -2.29. The molecule has 0 spiro atoms. The summed E-state index contributed by atoms with van der Waals surface area (Å²) in [4.78, 5) is 22.7. The number of unbranched alkanes of at least 4 members (excludes halogenated alkanes) is 15. The predicted molar refractivity (Wildman–Crippen MR) is 146 cm³/mol. The van der Waals surface area contributed by atoms with Gasteiger partial charge in [-0.25, -0.2) is 4.57 Å². The number of nitrogens with zero attached hydrogens (tertiary/aromatic N) is 1. The zero-order chi connectivity index (χ0) is 27.3. The molecule has 36 heavy (non-hydrogen) atoms. The number of carbonyl (C=O) groups is 1. The Morgan fingerprint density at radius 3 is 1.61 bits per heavy atom. The maximum Gasteiger partial charge on any atom is 0.473 e. The molecule has 0 aromatic heterocycles. The first-order chi connectivity index (χ1) is 17.0. The van der Waals surface area contributed by atoms with Crippen LogP contribution in [0.4, 0.5) is 0 Å². The summed E-state index contributed by atoms with van der Waals surface area (Å²) in [5, 5.41) is 18.2. The van der Waals surface area contributed by atoms with Crippen LogP contribution >= 0.6 is 7.82 Å². The predicted octanol–water partition coefficient (Wildman–Crippen LogP) is 5.77. The van der Waals surface area contributed by atoms with Crippen molar-refractivity contribution in [1.82, 2.24) is 0 Å². The van der Waals surface area contributed by atoms with E-state index in [2.05, 4.69) is 6.92 Å². The molecule has 0 aliphatic carbocycles. The van der Waals surface area contributed by atoms with Crippen LogP contribution in [0.3, 0.4) is 0 Å². The van der Waals surface area contributed by atoms with E-state index in [0.717, 1.165) is 19.3 Å². The molecule has 3 N–H and O–H groups in total. The third-order valence-electron chi connectivity index (χ3n) is 6.25.